The molecule has 0 aliphatic carbocycles. The Bertz CT molecular complexity index is 403. The highest BCUT2D eigenvalue weighted by atomic mass is 35.5. The Morgan fingerprint density at radius 1 is 1.17 bits per heavy atom. The highest BCUT2D eigenvalue weighted by molar-refractivity contribution is 6.30. The van der Waals surface area contributed by atoms with Crippen LogP contribution in [-0.2, 0) is 0 Å². The van der Waals surface area contributed by atoms with Crippen molar-refractivity contribution in [3.05, 3.63) is 34.9 Å². The van der Waals surface area contributed by atoms with E-state index in [1.807, 2.05) is 12.1 Å². The van der Waals surface area contributed by atoms with Gasteiger partial charge >= 0.3 is 0 Å². The number of hydrogen-bond acceptors (Lipinski definition) is 1. The van der Waals surface area contributed by atoms with Gasteiger partial charge in [-0.25, -0.2) is 0 Å². The summed E-state index contributed by atoms with van der Waals surface area (Å²) in [6.07, 6.45) is 4.08. The number of rotatable bonds is 1. The number of fused-ring (bicyclic) bond motifs is 2. The van der Waals surface area contributed by atoms with Gasteiger partial charge in [-0.15, -0.1) is 12.4 Å². The number of piperidine rings is 1. The van der Waals surface area contributed by atoms with Crippen LogP contribution in [0.25, 0.3) is 0 Å². The molecule has 2 bridgehead atoms. The first-order chi connectivity index (χ1) is 8.16. The second kappa shape index (κ2) is 5.40. The van der Waals surface area contributed by atoms with Crippen molar-refractivity contribution in [2.75, 3.05) is 7.05 Å². The minimum atomic E-state index is 0. The summed E-state index contributed by atoms with van der Waals surface area (Å²) >= 11 is 5.97. The van der Waals surface area contributed by atoms with Gasteiger partial charge in [0.15, 0.2) is 0 Å². The van der Waals surface area contributed by atoms with Crippen molar-refractivity contribution in [1.29, 1.82) is 0 Å². The summed E-state index contributed by atoms with van der Waals surface area (Å²) in [4.78, 5) is 2.61. The first kappa shape index (κ1) is 14.2. The zero-order chi connectivity index (χ0) is 12.0. The summed E-state index contributed by atoms with van der Waals surface area (Å²) in [5, 5.41) is 0.845. The standard InChI is InChI=1S/C15H20ClN.ClH/c1-10-14(11-3-5-12(16)6-4-11)9-13-7-8-15(10)17(13)2;/h3-6,10,13-15H,7-9H2,1-2H3;1H/t10?,13-,14+,15?;/m1./s1. The minimum absolute atomic E-state index is 0. The van der Waals surface area contributed by atoms with Gasteiger partial charge in [-0.1, -0.05) is 30.7 Å². The van der Waals surface area contributed by atoms with Crippen LogP contribution in [0.2, 0.25) is 5.02 Å². The Kier molecular flexibility index (Phi) is 4.25. The van der Waals surface area contributed by atoms with Crippen LogP contribution in [0.4, 0.5) is 0 Å². The van der Waals surface area contributed by atoms with Crippen LogP contribution in [0.3, 0.4) is 0 Å². The van der Waals surface area contributed by atoms with E-state index in [9.17, 15) is 0 Å². The van der Waals surface area contributed by atoms with E-state index in [4.69, 9.17) is 11.6 Å². The van der Waals surface area contributed by atoms with Crippen molar-refractivity contribution in [1.82, 2.24) is 4.90 Å². The lowest BCUT2D eigenvalue weighted by Crippen LogP contribution is -2.44. The lowest BCUT2D eigenvalue weighted by Gasteiger charge is -2.41. The molecule has 0 radical (unpaired) electrons. The Morgan fingerprint density at radius 2 is 1.83 bits per heavy atom. The average molecular weight is 286 g/mol. The molecule has 0 amide bonds. The Morgan fingerprint density at radius 3 is 2.50 bits per heavy atom. The van der Waals surface area contributed by atoms with Crippen molar-refractivity contribution in [2.45, 2.75) is 44.2 Å². The number of benzene rings is 1. The van der Waals surface area contributed by atoms with Crippen LogP contribution in [0.15, 0.2) is 24.3 Å². The van der Waals surface area contributed by atoms with Gasteiger partial charge in [-0.05, 0) is 55.8 Å². The third-order valence-corrected chi connectivity index (χ3v) is 5.21. The van der Waals surface area contributed by atoms with E-state index >= 15 is 0 Å². The zero-order valence-corrected chi connectivity index (χ0v) is 12.5. The fourth-order valence-electron chi connectivity index (χ4n) is 3.88. The molecular weight excluding hydrogens is 265 g/mol. The Labute approximate surface area is 121 Å². The summed E-state index contributed by atoms with van der Waals surface area (Å²) in [5.74, 6) is 1.49. The maximum Gasteiger partial charge on any atom is 0.0406 e. The van der Waals surface area contributed by atoms with Crippen LogP contribution in [0, 0.1) is 5.92 Å². The van der Waals surface area contributed by atoms with Gasteiger partial charge in [0, 0.05) is 17.1 Å². The monoisotopic (exact) mass is 285 g/mol. The molecule has 2 aliphatic heterocycles. The molecule has 2 aliphatic rings. The first-order valence-corrected chi connectivity index (χ1v) is 7.02. The number of halogens is 2. The molecule has 0 saturated carbocycles. The third kappa shape index (κ3) is 2.29. The van der Waals surface area contributed by atoms with Gasteiger partial charge < -0.3 is 4.90 Å². The van der Waals surface area contributed by atoms with Crippen LogP contribution in [0.5, 0.6) is 0 Å². The maximum atomic E-state index is 5.97. The van der Waals surface area contributed by atoms with Crippen molar-refractivity contribution >= 4 is 24.0 Å². The molecule has 3 rings (SSSR count). The van der Waals surface area contributed by atoms with Gasteiger partial charge in [0.25, 0.3) is 0 Å². The Hall–Kier alpha value is -0.240. The highest BCUT2D eigenvalue weighted by Crippen LogP contribution is 2.45. The van der Waals surface area contributed by atoms with Crippen molar-refractivity contribution < 1.29 is 0 Å². The van der Waals surface area contributed by atoms with E-state index in [0.29, 0.717) is 0 Å². The summed E-state index contributed by atoms with van der Waals surface area (Å²) in [6, 6.07) is 10.1. The van der Waals surface area contributed by atoms with Gasteiger partial charge in [-0.3, -0.25) is 0 Å². The minimum Gasteiger partial charge on any atom is -0.300 e. The van der Waals surface area contributed by atoms with Crippen LogP contribution in [0.1, 0.15) is 37.7 Å². The number of nitrogens with zero attached hydrogens (tertiary/aromatic N) is 1. The predicted molar refractivity (Wildman–Crippen MR) is 79.8 cm³/mol. The molecule has 2 heterocycles. The molecule has 2 unspecified atom stereocenters. The fraction of sp³-hybridized carbons (Fsp3) is 0.600. The molecule has 2 saturated heterocycles. The first-order valence-electron chi connectivity index (χ1n) is 6.64. The van der Waals surface area contributed by atoms with Gasteiger partial charge in [0.1, 0.15) is 0 Å². The molecular formula is C15H21Cl2N. The summed E-state index contributed by atoms with van der Waals surface area (Å²) in [5.41, 5.74) is 1.48. The maximum absolute atomic E-state index is 5.97. The highest BCUT2D eigenvalue weighted by Gasteiger charge is 2.43. The number of hydrogen-bond donors (Lipinski definition) is 0. The van der Waals surface area contributed by atoms with Crippen molar-refractivity contribution in [3.63, 3.8) is 0 Å². The van der Waals surface area contributed by atoms with Gasteiger partial charge in [0.05, 0.1) is 0 Å². The SMILES string of the molecule is CC1C2CC[C@H](C[C@@H]1c1ccc(Cl)cc1)N2C.Cl. The van der Waals surface area contributed by atoms with E-state index < -0.39 is 0 Å². The van der Waals surface area contributed by atoms with Crippen LogP contribution < -0.4 is 0 Å². The summed E-state index contributed by atoms with van der Waals surface area (Å²) < 4.78 is 0. The molecule has 1 aromatic rings. The molecule has 2 fully saturated rings. The lowest BCUT2D eigenvalue weighted by atomic mass is 9.77. The van der Waals surface area contributed by atoms with E-state index in [2.05, 4.69) is 31.0 Å². The molecule has 4 atom stereocenters. The molecule has 0 N–H and O–H groups in total. The molecule has 3 heteroatoms. The summed E-state index contributed by atoms with van der Waals surface area (Å²) in [6.45, 7) is 2.42. The zero-order valence-electron chi connectivity index (χ0n) is 11.0. The van der Waals surface area contributed by atoms with E-state index in [1.54, 1.807) is 0 Å². The molecule has 18 heavy (non-hydrogen) atoms. The summed E-state index contributed by atoms with van der Waals surface area (Å²) in [7, 11) is 2.30. The van der Waals surface area contributed by atoms with E-state index in [-0.39, 0.29) is 12.4 Å². The normalized spacial score (nSPS) is 35.3. The fourth-order valence-corrected chi connectivity index (χ4v) is 4.01. The smallest absolute Gasteiger partial charge is 0.0406 e. The van der Waals surface area contributed by atoms with Crippen LogP contribution in [-0.4, -0.2) is 24.0 Å². The third-order valence-electron chi connectivity index (χ3n) is 4.96. The topological polar surface area (TPSA) is 3.24 Å². The molecule has 100 valence electrons. The van der Waals surface area contributed by atoms with E-state index in [1.165, 1.54) is 24.8 Å². The van der Waals surface area contributed by atoms with E-state index in [0.717, 1.165) is 28.9 Å². The van der Waals surface area contributed by atoms with Gasteiger partial charge in [0.2, 0.25) is 0 Å². The molecule has 0 aromatic heterocycles. The lowest BCUT2D eigenvalue weighted by molar-refractivity contribution is 0.110. The molecule has 1 nitrogen and oxygen atoms in total. The van der Waals surface area contributed by atoms with Crippen molar-refractivity contribution in [2.24, 2.45) is 5.92 Å². The quantitative estimate of drug-likeness (QED) is 0.742. The largest absolute Gasteiger partial charge is 0.300 e. The van der Waals surface area contributed by atoms with Crippen molar-refractivity contribution in [3.8, 4) is 0 Å². The molecule has 0 spiro atoms. The Balaban J connectivity index is 0.00000120. The second-order valence-corrected chi connectivity index (χ2v) is 6.15. The molecule has 1 aromatic carbocycles. The second-order valence-electron chi connectivity index (χ2n) is 5.72. The van der Waals surface area contributed by atoms with Crippen LogP contribution >= 0.6 is 24.0 Å². The average Bonchev–Trinajstić information content (AvgIpc) is 2.58. The predicted octanol–water partition coefficient (Wildman–Crippen LogP) is 4.35. The van der Waals surface area contributed by atoms with Gasteiger partial charge in [-0.2, -0.15) is 0 Å².